The minimum Gasteiger partial charge on any atom is -0.284 e. The largest absolute Gasteiger partial charge is 0.317 e. The van der Waals surface area contributed by atoms with Crippen LogP contribution < -0.4 is 16.3 Å². The highest BCUT2D eigenvalue weighted by molar-refractivity contribution is 5.26. The zero-order valence-electron chi connectivity index (χ0n) is 6.13. The zero-order valence-corrected chi connectivity index (χ0v) is 6.13. The van der Waals surface area contributed by atoms with Gasteiger partial charge in [0.2, 0.25) is 0 Å². The number of rotatable bonds is 0. The number of aryl methyl sites for hydroxylation is 2. The molecule has 1 heterocycles. The van der Waals surface area contributed by atoms with Crippen LogP contribution in [0.1, 0.15) is 11.4 Å². The Balaban J connectivity index is 3.31. The third-order valence-corrected chi connectivity index (χ3v) is 1.32. The molecule has 0 bridgehead atoms. The van der Waals surface area contributed by atoms with E-state index >= 15 is 0 Å². The van der Waals surface area contributed by atoms with Crippen LogP contribution in [0.3, 0.4) is 0 Å². The van der Waals surface area contributed by atoms with Crippen molar-refractivity contribution in [3.8, 4) is 0 Å². The first-order valence-corrected chi connectivity index (χ1v) is 3.01. The normalized spacial score (nSPS) is 9.80. The molecule has 4 N–H and O–H groups in total. The van der Waals surface area contributed by atoms with Crippen LogP contribution in [0.2, 0.25) is 0 Å². The Morgan fingerprint density at radius 3 is 2.60 bits per heavy atom. The highest BCUT2D eigenvalue weighted by Crippen LogP contribution is 1.98. The number of aromatic nitrogens is 2. The van der Waals surface area contributed by atoms with Crippen LogP contribution in [0.25, 0.3) is 0 Å². The van der Waals surface area contributed by atoms with Gasteiger partial charge >= 0.3 is 5.82 Å². The second-order valence-electron chi connectivity index (χ2n) is 2.26. The summed E-state index contributed by atoms with van der Waals surface area (Å²) in [5, 5.41) is 0. The molecule has 0 aliphatic rings. The van der Waals surface area contributed by atoms with Crippen molar-refractivity contribution in [1.29, 1.82) is 0 Å². The van der Waals surface area contributed by atoms with Crippen molar-refractivity contribution in [2.24, 2.45) is 0 Å². The Bertz CT molecular complexity index is 233. The number of nitrogen functional groups attached to an aromatic ring is 2. The van der Waals surface area contributed by atoms with Crippen molar-refractivity contribution in [2.45, 2.75) is 13.8 Å². The lowest BCUT2D eigenvalue weighted by molar-refractivity contribution is -0.625. The van der Waals surface area contributed by atoms with E-state index < -0.39 is 0 Å². The number of hydrogen-bond donors (Lipinski definition) is 2. The summed E-state index contributed by atoms with van der Waals surface area (Å²) in [6.45, 7) is 3.70. The molecule has 0 radical (unpaired) electrons. The lowest BCUT2D eigenvalue weighted by Gasteiger charge is -1.98. The van der Waals surface area contributed by atoms with Gasteiger partial charge in [-0.3, -0.25) is 11.6 Å². The third-order valence-electron chi connectivity index (χ3n) is 1.32. The SMILES string of the molecule is Cc1c[n+](N)c(N)c(C)n1. The summed E-state index contributed by atoms with van der Waals surface area (Å²) in [4.78, 5) is 4.11. The Kier molecular flexibility index (Phi) is 1.45. The summed E-state index contributed by atoms with van der Waals surface area (Å²) in [5.41, 5.74) is 7.16. The van der Waals surface area contributed by atoms with E-state index in [9.17, 15) is 0 Å². The molecule has 0 unspecified atom stereocenters. The molecular formula is C6H11N4+. The highest BCUT2D eigenvalue weighted by atomic mass is 15.3. The average Bonchev–Trinajstić information content (AvgIpc) is 1.82. The Morgan fingerprint density at radius 2 is 2.10 bits per heavy atom. The number of nitrogens with two attached hydrogens (primary N) is 2. The van der Waals surface area contributed by atoms with E-state index in [2.05, 4.69) is 4.98 Å². The molecule has 0 aromatic carbocycles. The number of nitrogens with zero attached hydrogens (tertiary/aromatic N) is 2. The van der Waals surface area contributed by atoms with E-state index in [4.69, 9.17) is 11.6 Å². The quantitative estimate of drug-likeness (QED) is 0.368. The molecule has 0 spiro atoms. The molecule has 0 fully saturated rings. The van der Waals surface area contributed by atoms with Gasteiger partial charge in [-0.15, -0.1) is 4.68 Å². The van der Waals surface area contributed by atoms with Crippen molar-refractivity contribution >= 4 is 5.82 Å². The predicted molar refractivity (Wildman–Crippen MR) is 38.5 cm³/mol. The maximum Gasteiger partial charge on any atom is 0.317 e. The van der Waals surface area contributed by atoms with Crippen LogP contribution in [0.4, 0.5) is 5.82 Å². The van der Waals surface area contributed by atoms with E-state index in [0.29, 0.717) is 5.82 Å². The molecule has 0 saturated heterocycles. The fraction of sp³-hybridized carbons (Fsp3) is 0.333. The third kappa shape index (κ3) is 1.00. The van der Waals surface area contributed by atoms with Crippen LogP contribution >= 0.6 is 0 Å². The zero-order chi connectivity index (χ0) is 7.72. The van der Waals surface area contributed by atoms with Gasteiger partial charge in [0, 0.05) is 0 Å². The fourth-order valence-electron chi connectivity index (χ4n) is 0.808. The van der Waals surface area contributed by atoms with Gasteiger partial charge < -0.3 is 0 Å². The summed E-state index contributed by atoms with van der Waals surface area (Å²) in [6, 6.07) is 0. The first-order valence-electron chi connectivity index (χ1n) is 3.01. The van der Waals surface area contributed by atoms with Crippen LogP contribution in [0.15, 0.2) is 6.20 Å². The molecule has 0 amide bonds. The van der Waals surface area contributed by atoms with E-state index in [-0.39, 0.29) is 0 Å². The predicted octanol–water partition coefficient (Wildman–Crippen LogP) is -0.718. The smallest absolute Gasteiger partial charge is 0.284 e. The average molecular weight is 139 g/mol. The lowest BCUT2D eigenvalue weighted by atomic mass is 10.4. The minimum atomic E-state index is 0.505. The van der Waals surface area contributed by atoms with Crippen molar-refractivity contribution in [3.05, 3.63) is 17.6 Å². The Morgan fingerprint density at radius 1 is 1.50 bits per heavy atom. The van der Waals surface area contributed by atoms with Crippen LogP contribution in [-0.2, 0) is 0 Å². The summed E-state index contributed by atoms with van der Waals surface area (Å²) in [7, 11) is 0. The fourth-order valence-corrected chi connectivity index (χ4v) is 0.808. The molecule has 0 saturated carbocycles. The van der Waals surface area contributed by atoms with Gasteiger partial charge in [0.05, 0.1) is 5.69 Å². The second-order valence-corrected chi connectivity index (χ2v) is 2.26. The molecule has 1 aromatic heterocycles. The van der Waals surface area contributed by atoms with Gasteiger partial charge in [0.25, 0.3) is 0 Å². The van der Waals surface area contributed by atoms with Gasteiger partial charge in [0.1, 0.15) is 11.9 Å². The monoisotopic (exact) mass is 139 g/mol. The maximum absolute atomic E-state index is 5.53. The van der Waals surface area contributed by atoms with E-state index in [1.807, 2.05) is 13.8 Å². The first kappa shape index (κ1) is 6.80. The molecule has 54 valence electrons. The molecule has 1 rings (SSSR count). The summed E-state index contributed by atoms with van der Waals surface area (Å²) in [6.07, 6.45) is 1.68. The number of hydrogen-bond acceptors (Lipinski definition) is 3. The van der Waals surface area contributed by atoms with Gasteiger partial charge in [-0.05, 0) is 13.8 Å². The Labute approximate surface area is 59.5 Å². The van der Waals surface area contributed by atoms with Gasteiger partial charge in [0.15, 0.2) is 0 Å². The molecule has 10 heavy (non-hydrogen) atoms. The first-order chi connectivity index (χ1) is 4.61. The molecule has 4 nitrogen and oxygen atoms in total. The van der Waals surface area contributed by atoms with E-state index in [1.165, 1.54) is 4.68 Å². The van der Waals surface area contributed by atoms with E-state index in [1.54, 1.807) is 6.20 Å². The van der Waals surface area contributed by atoms with Crippen molar-refractivity contribution in [1.82, 2.24) is 4.98 Å². The van der Waals surface area contributed by atoms with Crippen molar-refractivity contribution in [2.75, 3.05) is 11.6 Å². The van der Waals surface area contributed by atoms with Crippen LogP contribution in [0, 0.1) is 13.8 Å². The van der Waals surface area contributed by atoms with Gasteiger partial charge in [-0.2, -0.15) is 0 Å². The molecular weight excluding hydrogens is 128 g/mol. The van der Waals surface area contributed by atoms with Crippen LogP contribution in [0.5, 0.6) is 0 Å². The molecule has 4 heteroatoms. The maximum atomic E-state index is 5.53. The minimum absolute atomic E-state index is 0.505. The summed E-state index contributed by atoms with van der Waals surface area (Å²) >= 11 is 0. The summed E-state index contributed by atoms with van der Waals surface area (Å²) < 4.78 is 1.37. The van der Waals surface area contributed by atoms with Crippen molar-refractivity contribution in [3.63, 3.8) is 0 Å². The summed E-state index contributed by atoms with van der Waals surface area (Å²) in [5.74, 6) is 5.98. The standard InChI is InChI=1S/C6H10N4/c1-4-3-10(8)6(7)5(2)9-4/h3,7H,8H2,1-2H3/p+1. The molecule has 0 aliphatic heterocycles. The highest BCUT2D eigenvalue weighted by Gasteiger charge is 2.05. The molecule has 0 aliphatic carbocycles. The topological polar surface area (TPSA) is 68.8 Å². The molecule has 1 aromatic rings. The number of anilines is 1. The van der Waals surface area contributed by atoms with Gasteiger partial charge in [-0.1, -0.05) is 0 Å². The second kappa shape index (κ2) is 2.13. The Hall–Kier alpha value is -1.32. The van der Waals surface area contributed by atoms with Gasteiger partial charge in [-0.25, -0.2) is 4.98 Å². The lowest BCUT2D eigenvalue weighted by Crippen LogP contribution is -2.47. The van der Waals surface area contributed by atoms with E-state index in [0.717, 1.165) is 11.4 Å². The van der Waals surface area contributed by atoms with Crippen molar-refractivity contribution < 1.29 is 4.68 Å². The van der Waals surface area contributed by atoms with Crippen LogP contribution in [-0.4, -0.2) is 4.98 Å². The molecule has 0 atom stereocenters.